The Labute approximate surface area is 124 Å². The van der Waals surface area contributed by atoms with Gasteiger partial charge in [0.05, 0.1) is 6.61 Å². The van der Waals surface area contributed by atoms with Crippen LogP contribution in [-0.2, 0) is 14.3 Å². The third-order valence-electron chi connectivity index (χ3n) is 2.62. The number of ether oxygens (including phenoxy) is 2. The molecule has 116 valence electrons. The lowest BCUT2D eigenvalue weighted by molar-refractivity contribution is -0.126. The number of rotatable bonds is 9. The molecule has 0 heterocycles. The molecule has 0 spiro atoms. The average Bonchev–Trinajstić information content (AvgIpc) is 2.46. The number of benzene rings is 1. The molecule has 6 nitrogen and oxygen atoms in total. The molecule has 0 aromatic heterocycles. The van der Waals surface area contributed by atoms with Gasteiger partial charge in [0, 0.05) is 25.9 Å². The number of nitrogens with one attached hydrogen (secondary N) is 2. The highest BCUT2D eigenvalue weighted by atomic mass is 16.5. The maximum atomic E-state index is 11.7. The van der Waals surface area contributed by atoms with Gasteiger partial charge in [-0.3, -0.25) is 9.59 Å². The largest absolute Gasteiger partial charge is 0.494 e. The van der Waals surface area contributed by atoms with Crippen molar-refractivity contribution >= 4 is 17.5 Å². The summed E-state index contributed by atoms with van der Waals surface area (Å²) in [6.45, 7) is 3.58. The van der Waals surface area contributed by atoms with Gasteiger partial charge in [0.2, 0.25) is 11.8 Å². The summed E-state index contributed by atoms with van der Waals surface area (Å²) in [5.74, 6) is 0.101. The van der Waals surface area contributed by atoms with Gasteiger partial charge in [-0.2, -0.15) is 0 Å². The van der Waals surface area contributed by atoms with E-state index in [-0.39, 0.29) is 18.2 Å². The van der Waals surface area contributed by atoms with Crippen molar-refractivity contribution < 1.29 is 19.1 Å². The zero-order valence-corrected chi connectivity index (χ0v) is 12.5. The SMILES string of the molecule is CCOc1ccc(NC(=O)CC(=O)NCCCOC)cc1. The molecular formula is C15H22N2O4. The van der Waals surface area contributed by atoms with Crippen molar-refractivity contribution in [3.63, 3.8) is 0 Å². The molecule has 1 rings (SSSR count). The molecule has 0 bridgehead atoms. The number of carbonyl (C=O) groups is 2. The Morgan fingerprint density at radius 1 is 1.14 bits per heavy atom. The van der Waals surface area contributed by atoms with Crippen LogP contribution in [-0.4, -0.2) is 38.7 Å². The van der Waals surface area contributed by atoms with Crippen molar-refractivity contribution in [3.05, 3.63) is 24.3 Å². The van der Waals surface area contributed by atoms with E-state index in [2.05, 4.69) is 10.6 Å². The Morgan fingerprint density at radius 3 is 2.48 bits per heavy atom. The predicted molar refractivity (Wildman–Crippen MR) is 80.4 cm³/mol. The maximum Gasteiger partial charge on any atom is 0.233 e. The fraction of sp³-hybridized carbons (Fsp3) is 0.467. The molecular weight excluding hydrogens is 272 g/mol. The molecule has 0 aliphatic carbocycles. The molecule has 0 aliphatic rings. The number of hydrogen-bond donors (Lipinski definition) is 2. The minimum atomic E-state index is -0.344. The summed E-state index contributed by atoms with van der Waals surface area (Å²) in [5, 5.41) is 5.32. The first kappa shape index (κ1) is 17.0. The van der Waals surface area contributed by atoms with Gasteiger partial charge in [0.15, 0.2) is 0 Å². The molecule has 2 N–H and O–H groups in total. The van der Waals surface area contributed by atoms with Crippen LogP contribution < -0.4 is 15.4 Å². The summed E-state index contributed by atoms with van der Waals surface area (Å²) in [7, 11) is 1.60. The first-order valence-electron chi connectivity index (χ1n) is 6.94. The van der Waals surface area contributed by atoms with E-state index in [1.54, 1.807) is 31.4 Å². The van der Waals surface area contributed by atoms with E-state index in [0.717, 1.165) is 12.2 Å². The molecule has 0 saturated heterocycles. The maximum absolute atomic E-state index is 11.7. The van der Waals surface area contributed by atoms with Crippen LogP contribution in [0.3, 0.4) is 0 Å². The lowest BCUT2D eigenvalue weighted by Gasteiger charge is -2.07. The third kappa shape index (κ3) is 7.31. The number of amides is 2. The van der Waals surface area contributed by atoms with Crippen LogP contribution in [0.4, 0.5) is 5.69 Å². The molecule has 6 heteroatoms. The van der Waals surface area contributed by atoms with Crippen LogP contribution in [0.15, 0.2) is 24.3 Å². The molecule has 21 heavy (non-hydrogen) atoms. The molecule has 1 aromatic carbocycles. The summed E-state index contributed by atoms with van der Waals surface area (Å²) in [4.78, 5) is 23.2. The van der Waals surface area contributed by atoms with Crippen LogP contribution >= 0.6 is 0 Å². The smallest absolute Gasteiger partial charge is 0.233 e. The van der Waals surface area contributed by atoms with Crippen molar-refractivity contribution in [2.75, 3.05) is 32.2 Å². The summed E-state index contributed by atoms with van der Waals surface area (Å²) < 4.78 is 10.2. The predicted octanol–water partition coefficient (Wildman–Crippen LogP) is 1.57. The van der Waals surface area contributed by atoms with Crippen molar-refractivity contribution in [3.8, 4) is 5.75 Å². The lowest BCUT2D eigenvalue weighted by Crippen LogP contribution is -2.29. The molecule has 0 fully saturated rings. The van der Waals surface area contributed by atoms with Crippen LogP contribution in [0.1, 0.15) is 19.8 Å². The second-order valence-electron chi connectivity index (χ2n) is 4.38. The van der Waals surface area contributed by atoms with Gasteiger partial charge in [-0.25, -0.2) is 0 Å². The van der Waals surface area contributed by atoms with Gasteiger partial charge in [0.25, 0.3) is 0 Å². The van der Waals surface area contributed by atoms with Crippen molar-refractivity contribution in [1.29, 1.82) is 0 Å². The van der Waals surface area contributed by atoms with Gasteiger partial charge in [-0.05, 0) is 37.6 Å². The Balaban J connectivity index is 2.30. The Bertz CT molecular complexity index is 445. The molecule has 0 unspecified atom stereocenters. The van der Waals surface area contributed by atoms with Crippen LogP contribution in [0, 0.1) is 0 Å². The second-order valence-corrected chi connectivity index (χ2v) is 4.38. The fourth-order valence-electron chi connectivity index (χ4n) is 1.66. The van der Waals surface area contributed by atoms with Gasteiger partial charge in [0.1, 0.15) is 12.2 Å². The highest BCUT2D eigenvalue weighted by molar-refractivity contribution is 6.03. The average molecular weight is 294 g/mol. The third-order valence-corrected chi connectivity index (χ3v) is 2.62. The zero-order chi connectivity index (χ0) is 15.5. The number of anilines is 1. The zero-order valence-electron chi connectivity index (χ0n) is 12.5. The van der Waals surface area contributed by atoms with E-state index >= 15 is 0 Å². The second kappa shape index (κ2) is 9.77. The molecule has 0 saturated carbocycles. The first-order valence-corrected chi connectivity index (χ1v) is 6.94. The van der Waals surface area contributed by atoms with E-state index in [4.69, 9.17) is 9.47 Å². The first-order chi connectivity index (χ1) is 10.2. The van der Waals surface area contributed by atoms with E-state index in [0.29, 0.717) is 25.4 Å². The molecule has 1 aromatic rings. The van der Waals surface area contributed by atoms with Crippen LogP contribution in [0.2, 0.25) is 0 Å². The van der Waals surface area contributed by atoms with Gasteiger partial charge < -0.3 is 20.1 Å². The van der Waals surface area contributed by atoms with E-state index in [1.807, 2.05) is 6.92 Å². The molecule has 0 atom stereocenters. The van der Waals surface area contributed by atoms with Crippen LogP contribution in [0.25, 0.3) is 0 Å². The number of methoxy groups -OCH3 is 1. The van der Waals surface area contributed by atoms with Crippen molar-refractivity contribution in [2.45, 2.75) is 19.8 Å². The van der Waals surface area contributed by atoms with Crippen molar-refractivity contribution in [2.24, 2.45) is 0 Å². The van der Waals surface area contributed by atoms with E-state index < -0.39 is 0 Å². The number of carbonyl (C=O) groups excluding carboxylic acids is 2. The summed E-state index contributed by atoms with van der Waals surface area (Å²) in [6, 6.07) is 7.01. The number of hydrogen-bond acceptors (Lipinski definition) is 4. The van der Waals surface area contributed by atoms with Crippen molar-refractivity contribution in [1.82, 2.24) is 5.32 Å². The van der Waals surface area contributed by atoms with Gasteiger partial charge in [-0.1, -0.05) is 0 Å². The quantitative estimate of drug-likeness (QED) is 0.535. The monoisotopic (exact) mass is 294 g/mol. The normalized spacial score (nSPS) is 10.0. The summed E-state index contributed by atoms with van der Waals surface area (Å²) >= 11 is 0. The minimum absolute atomic E-state index is 0.194. The van der Waals surface area contributed by atoms with E-state index in [9.17, 15) is 9.59 Å². The Morgan fingerprint density at radius 2 is 1.86 bits per heavy atom. The fourth-order valence-corrected chi connectivity index (χ4v) is 1.66. The Kier molecular flexibility index (Phi) is 7.89. The van der Waals surface area contributed by atoms with Gasteiger partial charge in [-0.15, -0.1) is 0 Å². The summed E-state index contributed by atoms with van der Waals surface area (Å²) in [6.07, 6.45) is 0.531. The molecule has 0 radical (unpaired) electrons. The summed E-state index contributed by atoms with van der Waals surface area (Å²) in [5.41, 5.74) is 0.635. The highest BCUT2D eigenvalue weighted by Gasteiger charge is 2.09. The topological polar surface area (TPSA) is 76.7 Å². The molecule has 2 amide bonds. The Hall–Kier alpha value is -2.08. The minimum Gasteiger partial charge on any atom is -0.494 e. The van der Waals surface area contributed by atoms with Gasteiger partial charge >= 0.3 is 0 Å². The lowest BCUT2D eigenvalue weighted by atomic mass is 10.3. The standard InChI is InChI=1S/C15H22N2O4/c1-3-21-13-7-5-12(6-8-13)17-15(19)11-14(18)16-9-4-10-20-2/h5-8H,3-4,9-11H2,1-2H3,(H,16,18)(H,17,19). The highest BCUT2D eigenvalue weighted by Crippen LogP contribution is 2.15. The van der Waals surface area contributed by atoms with Crippen LogP contribution in [0.5, 0.6) is 5.75 Å². The molecule has 0 aliphatic heterocycles. The van der Waals surface area contributed by atoms with E-state index in [1.165, 1.54) is 0 Å².